The van der Waals surface area contributed by atoms with Crippen LogP contribution in [0.2, 0.25) is 0 Å². The summed E-state index contributed by atoms with van der Waals surface area (Å²) in [6.07, 6.45) is 0. The van der Waals surface area contributed by atoms with Crippen LogP contribution in [0, 0.1) is 17.6 Å². The quantitative estimate of drug-likeness (QED) is 0.635. The first-order valence-electron chi connectivity index (χ1n) is 6.36. The minimum atomic E-state index is -3.90. The Labute approximate surface area is 137 Å². The Morgan fingerprint density at radius 3 is 2.61 bits per heavy atom. The third-order valence-electron chi connectivity index (χ3n) is 3.00. The number of carboxylic acids is 1. The minimum Gasteiger partial charge on any atom is -0.478 e. The topological polar surface area (TPSA) is 107 Å². The Balaban J connectivity index is 2.33. The van der Waals surface area contributed by atoms with Gasteiger partial charge in [-0.3, -0.25) is 4.72 Å². The first-order chi connectivity index (χ1) is 10.8. The van der Waals surface area contributed by atoms with Gasteiger partial charge in [0, 0.05) is 4.90 Å². The lowest BCUT2D eigenvalue weighted by Gasteiger charge is -2.11. The molecule has 0 aliphatic heterocycles. The number of carbonyl (C=O) groups is 1. The van der Waals surface area contributed by atoms with Crippen LogP contribution in [-0.4, -0.2) is 19.5 Å². The van der Waals surface area contributed by atoms with Crippen LogP contribution < -0.4 is 4.72 Å². The van der Waals surface area contributed by atoms with Gasteiger partial charge in [-0.25, -0.2) is 13.2 Å². The molecule has 0 amide bonds. The zero-order chi connectivity index (χ0) is 17.0. The lowest BCUT2D eigenvalue weighted by Crippen LogP contribution is -2.14. The van der Waals surface area contributed by atoms with Gasteiger partial charge in [0.15, 0.2) is 0 Å². The van der Waals surface area contributed by atoms with Gasteiger partial charge in [0.05, 0.1) is 16.1 Å². The molecule has 0 heterocycles. The average molecular weight is 348 g/mol. The summed E-state index contributed by atoms with van der Waals surface area (Å²) in [4.78, 5) is 11.5. The van der Waals surface area contributed by atoms with E-state index >= 15 is 0 Å². The third-order valence-corrected chi connectivity index (χ3v) is 4.94. The number of nitrogens with one attached hydrogen (secondary N) is 1. The SMILES string of the molecule is Cc1cc(SC#N)ccc1NS(=O)(=O)c1cccc(C(=O)O)c1. The Morgan fingerprint density at radius 2 is 2.00 bits per heavy atom. The molecule has 0 aliphatic carbocycles. The van der Waals surface area contributed by atoms with Crippen molar-refractivity contribution < 1.29 is 18.3 Å². The van der Waals surface area contributed by atoms with E-state index in [1.807, 2.05) is 5.40 Å². The maximum atomic E-state index is 12.4. The molecule has 2 N–H and O–H groups in total. The largest absolute Gasteiger partial charge is 0.478 e. The van der Waals surface area contributed by atoms with Crippen LogP contribution >= 0.6 is 11.8 Å². The minimum absolute atomic E-state index is 0.106. The molecule has 118 valence electrons. The summed E-state index contributed by atoms with van der Waals surface area (Å²) in [5.41, 5.74) is 0.918. The second-order valence-electron chi connectivity index (χ2n) is 4.61. The van der Waals surface area contributed by atoms with Gasteiger partial charge in [0.2, 0.25) is 0 Å². The number of carboxylic acid groups (broad SMARTS) is 1. The smallest absolute Gasteiger partial charge is 0.335 e. The second kappa shape index (κ2) is 6.73. The number of nitrogens with zero attached hydrogens (tertiary/aromatic N) is 1. The van der Waals surface area contributed by atoms with Crippen molar-refractivity contribution in [3.05, 3.63) is 53.6 Å². The molecule has 23 heavy (non-hydrogen) atoms. The fourth-order valence-electron chi connectivity index (χ4n) is 1.87. The summed E-state index contributed by atoms with van der Waals surface area (Å²) in [6.45, 7) is 1.72. The number of aromatic carboxylic acids is 1. The predicted octanol–water partition coefficient (Wildman–Crippen LogP) is 3.07. The molecule has 0 aromatic heterocycles. The molecule has 0 unspecified atom stereocenters. The predicted molar refractivity (Wildman–Crippen MR) is 86.9 cm³/mol. The van der Waals surface area contributed by atoms with Crippen molar-refractivity contribution >= 4 is 33.4 Å². The van der Waals surface area contributed by atoms with Crippen molar-refractivity contribution in [3.8, 4) is 5.40 Å². The van der Waals surface area contributed by atoms with E-state index < -0.39 is 16.0 Å². The number of hydrogen-bond donors (Lipinski definition) is 2. The Hall–Kier alpha value is -2.50. The van der Waals surface area contributed by atoms with Crippen molar-refractivity contribution in [2.45, 2.75) is 16.7 Å². The molecule has 0 bridgehead atoms. The first kappa shape index (κ1) is 16.9. The standard InChI is InChI=1S/C15H12N2O4S2/c1-10-7-12(22-9-16)5-6-14(10)17-23(20,21)13-4-2-3-11(8-13)15(18)19/h2-8,17H,1H3,(H,18,19). The molecule has 0 aliphatic rings. The van der Waals surface area contributed by atoms with E-state index in [1.165, 1.54) is 18.2 Å². The van der Waals surface area contributed by atoms with Gasteiger partial charge >= 0.3 is 5.97 Å². The van der Waals surface area contributed by atoms with Gasteiger partial charge in [-0.15, -0.1) is 0 Å². The molecule has 2 aromatic rings. The molecule has 6 nitrogen and oxygen atoms in total. The zero-order valence-electron chi connectivity index (χ0n) is 12.0. The van der Waals surface area contributed by atoms with Crippen molar-refractivity contribution in [3.63, 3.8) is 0 Å². The summed E-state index contributed by atoms with van der Waals surface area (Å²) in [7, 11) is -3.90. The Morgan fingerprint density at radius 1 is 1.26 bits per heavy atom. The summed E-state index contributed by atoms with van der Waals surface area (Å²) in [6, 6.07) is 10.0. The van der Waals surface area contributed by atoms with Gasteiger partial charge in [-0.1, -0.05) is 6.07 Å². The van der Waals surface area contributed by atoms with Gasteiger partial charge in [-0.2, -0.15) is 5.26 Å². The molecule has 0 saturated carbocycles. The maximum Gasteiger partial charge on any atom is 0.335 e. The molecule has 0 radical (unpaired) electrons. The Bertz CT molecular complexity index is 902. The van der Waals surface area contributed by atoms with Gasteiger partial charge in [0.25, 0.3) is 10.0 Å². The molecule has 0 atom stereocenters. The van der Waals surface area contributed by atoms with Crippen LogP contribution in [0.1, 0.15) is 15.9 Å². The molecule has 2 rings (SSSR count). The second-order valence-corrected chi connectivity index (χ2v) is 7.15. The highest BCUT2D eigenvalue weighted by Gasteiger charge is 2.17. The van der Waals surface area contributed by atoms with Crippen molar-refractivity contribution in [2.75, 3.05) is 4.72 Å². The third kappa shape index (κ3) is 4.03. The van der Waals surface area contributed by atoms with Crippen LogP contribution in [-0.2, 0) is 10.0 Å². The average Bonchev–Trinajstić information content (AvgIpc) is 2.50. The van der Waals surface area contributed by atoms with E-state index in [0.717, 1.165) is 17.8 Å². The summed E-state index contributed by atoms with van der Waals surface area (Å²) < 4.78 is 27.2. The van der Waals surface area contributed by atoms with Gasteiger partial charge in [-0.05, 0) is 60.6 Å². The normalized spacial score (nSPS) is 10.8. The highest BCUT2D eigenvalue weighted by Crippen LogP contribution is 2.25. The number of anilines is 1. The fourth-order valence-corrected chi connectivity index (χ4v) is 3.52. The van der Waals surface area contributed by atoms with E-state index in [9.17, 15) is 13.2 Å². The maximum absolute atomic E-state index is 12.4. The number of rotatable bonds is 5. The van der Waals surface area contributed by atoms with E-state index in [1.54, 1.807) is 25.1 Å². The van der Waals surface area contributed by atoms with Crippen LogP contribution in [0.3, 0.4) is 0 Å². The molecular formula is C15H12N2O4S2. The zero-order valence-corrected chi connectivity index (χ0v) is 13.6. The summed E-state index contributed by atoms with van der Waals surface area (Å²) in [5, 5.41) is 19.5. The summed E-state index contributed by atoms with van der Waals surface area (Å²) in [5.74, 6) is -1.20. The van der Waals surface area contributed by atoms with Gasteiger partial charge in [0.1, 0.15) is 5.40 Å². The fraction of sp³-hybridized carbons (Fsp3) is 0.0667. The van der Waals surface area contributed by atoms with Crippen LogP contribution in [0.4, 0.5) is 5.69 Å². The highest BCUT2D eigenvalue weighted by molar-refractivity contribution is 8.03. The van der Waals surface area contributed by atoms with E-state index in [2.05, 4.69) is 4.72 Å². The molecule has 0 spiro atoms. The molecule has 8 heteroatoms. The lowest BCUT2D eigenvalue weighted by molar-refractivity contribution is 0.0696. The monoisotopic (exact) mass is 348 g/mol. The van der Waals surface area contributed by atoms with Crippen molar-refractivity contribution in [1.29, 1.82) is 5.26 Å². The number of aryl methyl sites for hydroxylation is 1. The highest BCUT2D eigenvalue weighted by atomic mass is 32.2. The number of sulfonamides is 1. The first-order valence-corrected chi connectivity index (χ1v) is 8.66. The van der Waals surface area contributed by atoms with Crippen molar-refractivity contribution in [1.82, 2.24) is 0 Å². The summed E-state index contributed by atoms with van der Waals surface area (Å²) >= 11 is 0.981. The Kier molecular flexibility index (Phi) is 4.93. The lowest BCUT2D eigenvalue weighted by atomic mass is 10.2. The molecule has 0 fully saturated rings. The van der Waals surface area contributed by atoms with Crippen LogP contribution in [0.15, 0.2) is 52.3 Å². The number of benzene rings is 2. The van der Waals surface area contributed by atoms with E-state index in [0.29, 0.717) is 16.1 Å². The van der Waals surface area contributed by atoms with E-state index in [-0.39, 0.29) is 10.5 Å². The number of nitriles is 1. The number of thioether (sulfide) groups is 1. The van der Waals surface area contributed by atoms with Crippen LogP contribution in [0.5, 0.6) is 0 Å². The molecular weight excluding hydrogens is 336 g/mol. The van der Waals surface area contributed by atoms with E-state index in [4.69, 9.17) is 10.4 Å². The molecule has 2 aromatic carbocycles. The number of hydrogen-bond acceptors (Lipinski definition) is 5. The molecule has 0 saturated heterocycles. The van der Waals surface area contributed by atoms with Gasteiger partial charge < -0.3 is 5.11 Å². The van der Waals surface area contributed by atoms with Crippen molar-refractivity contribution in [2.24, 2.45) is 0 Å². The number of thiocyanates is 1. The van der Waals surface area contributed by atoms with Crippen LogP contribution in [0.25, 0.3) is 0 Å².